The van der Waals surface area contributed by atoms with Gasteiger partial charge in [-0.25, -0.2) is 0 Å². The van der Waals surface area contributed by atoms with Crippen molar-refractivity contribution in [1.29, 1.82) is 0 Å². The van der Waals surface area contributed by atoms with Crippen LogP contribution >= 0.6 is 0 Å². The number of rotatable bonds is 6. The lowest BCUT2D eigenvalue weighted by atomic mass is 9.88. The van der Waals surface area contributed by atoms with Crippen LogP contribution in [0.25, 0.3) is 28.1 Å². The zero-order valence-electron chi connectivity index (χ0n) is 19.1. The maximum atomic E-state index is 5.47. The van der Waals surface area contributed by atoms with Crippen LogP contribution in [0.5, 0.6) is 5.75 Å². The Morgan fingerprint density at radius 2 is 1.29 bits per heavy atom. The van der Waals surface area contributed by atoms with Gasteiger partial charge in [-0.05, 0) is 76.1 Å². The van der Waals surface area contributed by atoms with E-state index >= 15 is 0 Å². The maximum absolute atomic E-state index is 5.47. The van der Waals surface area contributed by atoms with Crippen LogP contribution in [0.4, 0.5) is 0 Å². The van der Waals surface area contributed by atoms with E-state index in [1.807, 2.05) is 6.07 Å². The Balaban J connectivity index is 1.97. The van der Waals surface area contributed by atoms with Crippen LogP contribution in [0.1, 0.15) is 50.7 Å². The molecule has 158 valence electrons. The third kappa shape index (κ3) is 4.16. The van der Waals surface area contributed by atoms with Crippen LogP contribution in [0.3, 0.4) is 0 Å². The van der Waals surface area contributed by atoms with Gasteiger partial charge in [0.25, 0.3) is 0 Å². The van der Waals surface area contributed by atoms with E-state index in [1.54, 1.807) is 7.11 Å². The van der Waals surface area contributed by atoms with Crippen LogP contribution < -0.4 is 4.74 Å². The predicted octanol–water partition coefficient (Wildman–Crippen LogP) is 8.07. The Kier molecular flexibility index (Phi) is 5.99. The van der Waals surface area contributed by atoms with Crippen molar-refractivity contribution in [3.05, 3.63) is 96.2 Å². The first kappa shape index (κ1) is 21.0. The molecule has 0 bridgehead atoms. The fourth-order valence-electron chi connectivity index (χ4n) is 4.23. The molecule has 0 saturated carbocycles. The van der Waals surface area contributed by atoms with Gasteiger partial charge in [-0.2, -0.15) is 0 Å². The summed E-state index contributed by atoms with van der Waals surface area (Å²) in [5.74, 6) is 1.67. The molecule has 0 N–H and O–H groups in total. The van der Waals surface area contributed by atoms with Gasteiger partial charge in [-0.3, -0.25) is 0 Å². The highest BCUT2D eigenvalue weighted by atomic mass is 16.5. The lowest BCUT2D eigenvalue weighted by molar-refractivity contribution is 0.415. The molecule has 3 aromatic carbocycles. The van der Waals surface area contributed by atoms with Crippen LogP contribution in [0, 0.1) is 0 Å². The van der Waals surface area contributed by atoms with Crippen molar-refractivity contribution in [2.45, 2.75) is 39.5 Å². The topological polar surface area (TPSA) is 14.2 Å². The normalized spacial score (nSPS) is 11.3. The molecule has 0 unspecified atom stereocenters. The molecule has 0 atom stereocenters. The van der Waals surface area contributed by atoms with Gasteiger partial charge in [0.1, 0.15) is 5.75 Å². The Labute approximate surface area is 186 Å². The van der Waals surface area contributed by atoms with Crippen molar-refractivity contribution in [2.75, 3.05) is 7.11 Å². The van der Waals surface area contributed by atoms with Crippen molar-refractivity contribution in [3.63, 3.8) is 0 Å². The van der Waals surface area contributed by atoms with Gasteiger partial charge < -0.3 is 9.30 Å². The zero-order valence-corrected chi connectivity index (χ0v) is 19.1. The molecular weight excluding hydrogens is 378 g/mol. The number of ether oxygens (including phenoxy) is 1. The van der Waals surface area contributed by atoms with Crippen LogP contribution in [0.2, 0.25) is 0 Å². The first-order valence-corrected chi connectivity index (χ1v) is 11.0. The minimum Gasteiger partial charge on any atom is -0.497 e. The second-order valence-electron chi connectivity index (χ2n) is 8.67. The summed E-state index contributed by atoms with van der Waals surface area (Å²) in [7, 11) is 1.72. The van der Waals surface area contributed by atoms with Gasteiger partial charge in [0.05, 0.1) is 18.5 Å². The van der Waals surface area contributed by atoms with E-state index in [-0.39, 0.29) is 0 Å². The summed E-state index contributed by atoms with van der Waals surface area (Å²) in [6.07, 6.45) is 2.20. The molecule has 4 aromatic rings. The molecule has 0 saturated heterocycles. The van der Waals surface area contributed by atoms with Crippen molar-refractivity contribution in [1.82, 2.24) is 4.57 Å². The van der Waals surface area contributed by atoms with E-state index in [9.17, 15) is 0 Å². The Morgan fingerprint density at radius 3 is 1.90 bits per heavy atom. The van der Waals surface area contributed by atoms with Crippen molar-refractivity contribution < 1.29 is 4.74 Å². The zero-order chi connectivity index (χ0) is 22.0. The second kappa shape index (κ2) is 8.85. The van der Waals surface area contributed by atoms with Gasteiger partial charge in [0, 0.05) is 6.20 Å². The second-order valence-corrected chi connectivity index (χ2v) is 8.67. The number of nitrogens with zero attached hydrogens (tertiary/aromatic N) is 1. The molecule has 0 spiro atoms. The average Bonchev–Trinajstić information content (AvgIpc) is 3.28. The average molecular weight is 410 g/mol. The Hall–Kier alpha value is -3.26. The standard InChI is InChI=1S/C29H31NO/c1-20(2)26-18-24(23-13-9-14-25(17-23)31-5)19-27(21(3)4)29(26)30-16-10-15-28(30)22-11-7-6-8-12-22/h6-21H,1-5H3. The summed E-state index contributed by atoms with van der Waals surface area (Å²) in [5.41, 5.74) is 8.90. The summed E-state index contributed by atoms with van der Waals surface area (Å²) in [6, 6.07) is 28.0. The molecular formula is C29H31NO. The lowest BCUT2D eigenvalue weighted by Crippen LogP contribution is -2.08. The van der Waals surface area contributed by atoms with Crippen LogP contribution in [-0.4, -0.2) is 11.7 Å². The number of hydrogen-bond acceptors (Lipinski definition) is 1. The Morgan fingerprint density at radius 1 is 0.645 bits per heavy atom. The molecule has 0 aliphatic heterocycles. The van der Waals surface area contributed by atoms with Gasteiger partial charge >= 0.3 is 0 Å². The number of hydrogen-bond donors (Lipinski definition) is 0. The van der Waals surface area contributed by atoms with Crippen molar-refractivity contribution >= 4 is 0 Å². The fraction of sp³-hybridized carbons (Fsp3) is 0.241. The molecule has 0 fully saturated rings. The van der Waals surface area contributed by atoms with E-state index in [1.165, 1.54) is 39.2 Å². The lowest BCUT2D eigenvalue weighted by Gasteiger charge is -2.24. The molecule has 31 heavy (non-hydrogen) atoms. The SMILES string of the molecule is COc1cccc(-c2cc(C(C)C)c(-n3cccc3-c3ccccc3)c(C(C)C)c2)c1. The maximum Gasteiger partial charge on any atom is 0.119 e. The molecule has 2 heteroatoms. The fourth-order valence-corrected chi connectivity index (χ4v) is 4.23. The molecule has 2 nitrogen and oxygen atoms in total. The molecule has 0 aliphatic carbocycles. The van der Waals surface area contributed by atoms with Gasteiger partial charge in [0.2, 0.25) is 0 Å². The summed E-state index contributed by atoms with van der Waals surface area (Å²) >= 11 is 0. The molecule has 1 aromatic heterocycles. The largest absolute Gasteiger partial charge is 0.497 e. The molecule has 0 amide bonds. The molecule has 4 rings (SSSR count). The smallest absolute Gasteiger partial charge is 0.119 e. The summed E-state index contributed by atoms with van der Waals surface area (Å²) in [6.45, 7) is 9.13. The molecule has 0 aliphatic rings. The summed E-state index contributed by atoms with van der Waals surface area (Å²) in [5, 5.41) is 0. The van der Waals surface area contributed by atoms with Crippen LogP contribution in [0.15, 0.2) is 85.1 Å². The highest BCUT2D eigenvalue weighted by molar-refractivity contribution is 5.73. The first-order valence-electron chi connectivity index (χ1n) is 11.0. The van der Waals surface area contributed by atoms with Gasteiger partial charge in [-0.1, -0.05) is 70.2 Å². The van der Waals surface area contributed by atoms with Crippen LogP contribution in [-0.2, 0) is 0 Å². The Bertz CT molecular complexity index is 1140. The van der Waals surface area contributed by atoms with E-state index in [4.69, 9.17) is 4.74 Å². The molecule has 1 heterocycles. The van der Waals surface area contributed by atoms with Gasteiger partial charge in [-0.15, -0.1) is 0 Å². The predicted molar refractivity (Wildman–Crippen MR) is 131 cm³/mol. The highest BCUT2D eigenvalue weighted by Crippen LogP contribution is 2.38. The highest BCUT2D eigenvalue weighted by Gasteiger charge is 2.20. The van der Waals surface area contributed by atoms with Gasteiger partial charge in [0.15, 0.2) is 0 Å². The minimum atomic E-state index is 0.393. The third-order valence-electron chi connectivity index (χ3n) is 5.88. The van der Waals surface area contributed by atoms with E-state index < -0.39 is 0 Å². The monoisotopic (exact) mass is 409 g/mol. The van der Waals surface area contributed by atoms with E-state index in [0.29, 0.717) is 11.8 Å². The third-order valence-corrected chi connectivity index (χ3v) is 5.88. The summed E-state index contributed by atoms with van der Waals surface area (Å²) < 4.78 is 7.85. The minimum absolute atomic E-state index is 0.393. The number of methoxy groups -OCH3 is 1. The first-order chi connectivity index (χ1) is 15.0. The molecule has 0 radical (unpaired) electrons. The summed E-state index contributed by atoms with van der Waals surface area (Å²) in [4.78, 5) is 0. The number of aromatic nitrogens is 1. The van der Waals surface area contributed by atoms with E-state index in [2.05, 4.69) is 111 Å². The van der Waals surface area contributed by atoms with Crippen molar-refractivity contribution in [2.24, 2.45) is 0 Å². The van der Waals surface area contributed by atoms with E-state index in [0.717, 1.165) is 5.75 Å². The quantitative estimate of drug-likeness (QED) is 0.314. The van der Waals surface area contributed by atoms with Crippen molar-refractivity contribution in [3.8, 4) is 33.8 Å². The number of benzene rings is 3.